The largest absolute Gasteiger partial charge is 0.374 e. The zero-order chi connectivity index (χ0) is 13.3. The summed E-state index contributed by atoms with van der Waals surface area (Å²) in [6, 6.07) is -0.214. The quantitative estimate of drug-likeness (QED) is 0.894. The first-order valence-electron chi connectivity index (χ1n) is 5.31. The molecule has 0 saturated heterocycles. The number of hydrogen-bond donors (Lipinski definition) is 2. The van der Waals surface area contributed by atoms with Crippen LogP contribution in [0.25, 0.3) is 0 Å². The number of aryl methyl sites for hydroxylation is 2. The molecule has 0 fully saturated rings. The van der Waals surface area contributed by atoms with E-state index in [1.54, 1.807) is 0 Å². The lowest BCUT2D eigenvalue weighted by atomic mass is 10.3. The van der Waals surface area contributed by atoms with Crippen LogP contribution in [-0.4, -0.2) is 21.1 Å². The lowest BCUT2D eigenvalue weighted by molar-refractivity contribution is 0.0943. The number of thiazole rings is 1. The molecule has 0 spiro atoms. The third kappa shape index (κ3) is 2.65. The number of aromatic nitrogens is 3. The van der Waals surface area contributed by atoms with E-state index in [-0.39, 0.29) is 11.9 Å². The number of carbonyl (C=O) groups is 1. The summed E-state index contributed by atoms with van der Waals surface area (Å²) < 4.78 is 0. The van der Waals surface area contributed by atoms with Crippen LogP contribution < -0.4 is 11.1 Å². The second-order valence-electron chi connectivity index (χ2n) is 3.82. The van der Waals surface area contributed by atoms with Crippen molar-refractivity contribution < 1.29 is 4.79 Å². The van der Waals surface area contributed by atoms with Gasteiger partial charge >= 0.3 is 0 Å². The van der Waals surface area contributed by atoms with Crippen molar-refractivity contribution in [2.75, 3.05) is 5.73 Å². The van der Waals surface area contributed by atoms with Gasteiger partial charge in [-0.25, -0.2) is 4.98 Å². The fourth-order valence-electron chi connectivity index (χ4n) is 1.49. The number of nitrogens with two attached hydrogens (primary N) is 1. The molecule has 0 bridgehead atoms. The zero-order valence-corrected chi connectivity index (χ0v) is 11.9. The molecule has 0 aliphatic carbocycles. The Morgan fingerprint density at radius 2 is 2.06 bits per heavy atom. The topological polar surface area (TPSA) is 93.8 Å². The minimum Gasteiger partial charge on any atom is -0.374 e. The summed E-state index contributed by atoms with van der Waals surface area (Å²) in [6.45, 7) is 5.55. The van der Waals surface area contributed by atoms with E-state index in [9.17, 15) is 4.79 Å². The van der Waals surface area contributed by atoms with Crippen LogP contribution in [0, 0.1) is 13.8 Å². The van der Waals surface area contributed by atoms with Crippen LogP contribution in [0.2, 0.25) is 0 Å². The monoisotopic (exact) mass is 283 g/mol. The summed E-state index contributed by atoms with van der Waals surface area (Å²) in [5, 5.41) is 12.5. The maximum atomic E-state index is 12.1. The number of carbonyl (C=O) groups excluding carboxylic acids is 1. The molecule has 2 rings (SSSR count). The molecule has 0 aromatic carbocycles. The van der Waals surface area contributed by atoms with E-state index < -0.39 is 0 Å². The number of nitrogens with zero attached hydrogens (tertiary/aromatic N) is 3. The minimum absolute atomic E-state index is 0.139. The fraction of sp³-hybridized carbons (Fsp3) is 0.400. The van der Waals surface area contributed by atoms with Crippen LogP contribution >= 0.6 is 22.7 Å². The Labute approximate surface area is 112 Å². The van der Waals surface area contributed by atoms with Crippen molar-refractivity contribution in [3.8, 4) is 0 Å². The molecule has 2 heterocycles. The Kier molecular flexibility index (Phi) is 3.58. The molecule has 0 radical (unpaired) electrons. The number of nitrogen functional groups attached to an aromatic ring is 1. The second-order valence-corrected chi connectivity index (χ2v) is 6.06. The van der Waals surface area contributed by atoms with E-state index in [4.69, 9.17) is 5.73 Å². The van der Waals surface area contributed by atoms with Crippen molar-refractivity contribution in [1.82, 2.24) is 20.5 Å². The van der Waals surface area contributed by atoms with E-state index in [0.29, 0.717) is 15.0 Å². The first-order valence-corrected chi connectivity index (χ1v) is 6.94. The van der Waals surface area contributed by atoms with Gasteiger partial charge in [-0.3, -0.25) is 4.79 Å². The maximum Gasteiger partial charge on any atom is 0.263 e. The van der Waals surface area contributed by atoms with Gasteiger partial charge < -0.3 is 11.1 Å². The predicted molar refractivity (Wildman–Crippen MR) is 71.8 cm³/mol. The van der Waals surface area contributed by atoms with Gasteiger partial charge in [0.2, 0.25) is 5.13 Å². The van der Waals surface area contributed by atoms with Gasteiger partial charge in [0.25, 0.3) is 5.91 Å². The number of hydrogen-bond acceptors (Lipinski definition) is 7. The van der Waals surface area contributed by atoms with Gasteiger partial charge in [-0.2, -0.15) is 0 Å². The standard InChI is InChI=1S/C10H13N5OS2/c1-4-7(17-6(3)12-4)8(16)13-5(2)9-14-15-10(11)18-9/h5H,1-3H3,(H2,11,15)(H,13,16)/t5-/m1/s1. The zero-order valence-electron chi connectivity index (χ0n) is 10.2. The van der Waals surface area contributed by atoms with Crippen molar-refractivity contribution in [2.45, 2.75) is 26.8 Å². The van der Waals surface area contributed by atoms with Crippen LogP contribution in [0.4, 0.5) is 5.13 Å². The summed E-state index contributed by atoms with van der Waals surface area (Å²) in [4.78, 5) is 16.9. The van der Waals surface area contributed by atoms with Crippen LogP contribution in [0.15, 0.2) is 0 Å². The molecule has 1 atom stereocenters. The number of anilines is 1. The fourth-order valence-corrected chi connectivity index (χ4v) is 2.92. The van der Waals surface area contributed by atoms with Gasteiger partial charge in [0.15, 0.2) is 0 Å². The van der Waals surface area contributed by atoms with Crippen LogP contribution in [0.5, 0.6) is 0 Å². The molecule has 0 saturated carbocycles. The highest BCUT2D eigenvalue weighted by Crippen LogP contribution is 2.21. The smallest absolute Gasteiger partial charge is 0.263 e. The molecule has 6 nitrogen and oxygen atoms in total. The average Bonchev–Trinajstić information content (AvgIpc) is 2.84. The van der Waals surface area contributed by atoms with Gasteiger partial charge in [0.05, 0.1) is 16.7 Å². The van der Waals surface area contributed by atoms with Crippen molar-refractivity contribution >= 4 is 33.7 Å². The van der Waals surface area contributed by atoms with Crippen molar-refractivity contribution in [1.29, 1.82) is 0 Å². The lowest BCUT2D eigenvalue weighted by Gasteiger charge is -2.09. The van der Waals surface area contributed by atoms with Crippen molar-refractivity contribution in [2.24, 2.45) is 0 Å². The molecule has 3 N–H and O–H groups in total. The average molecular weight is 283 g/mol. The normalized spacial score (nSPS) is 12.4. The molecular weight excluding hydrogens is 270 g/mol. The van der Waals surface area contributed by atoms with E-state index in [1.807, 2.05) is 20.8 Å². The summed E-state index contributed by atoms with van der Waals surface area (Å²) >= 11 is 2.66. The molecule has 0 unspecified atom stereocenters. The summed E-state index contributed by atoms with van der Waals surface area (Å²) in [5.41, 5.74) is 6.26. The SMILES string of the molecule is Cc1nc(C)c(C(=O)N[C@H](C)c2nnc(N)s2)s1. The molecule has 1 amide bonds. The van der Waals surface area contributed by atoms with Crippen molar-refractivity contribution in [3.05, 3.63) is 20.6 Å². The molecule has 8 heteroatoms. The molecule has 0 aliphatic heterocycles. The summed E-state index contributed by atoms with van der Waals surface area (Å²) in [7, 11) is 0. The van der Waals surface area contributed by atoms with Crippen LogP contribution in [0.3, 0.4) is 0 Å². The molecule has 2 aromatic heterocycles. The lowest BCUT2D eigenvalue weighted by Crippen LogP contribution is -2.26. The highest BCUT2D eigenvalue weighted by Gasteiger charge is 2.18. The predicted octanol–water partition coefficient (Wildman–Crippen LogP) is 1.68. The second kappa shape index (κ2) is 4.99. The first-order chi connectivity index (χ1) is 8.47. The molecule has 96 valence electrons. The highest BCUT2D eigenvalue weighted by atomic mass is 32.1. The molecule has 18 heavy (non-hydrogen) atoms. The first kappa shape index (κ1) is 12.9. The summed E-state index contributed by atoms with van der Waals surface area (Å²) in [5.74, 6) is -0.139. The Hall–Kier alpha value is -1.54. The van der Waals surface area contributed by atoms with Crippen LogP contribution in [0.1, 0.15) is 38.3 Å². The van der Waals surface area contributed by atoms with E-state index in [1.165, 1.54) is 22.7 Å². The third-order valence-corrected chi connectivity index (χ3v) is 4.29. The van der Waals surface area contributed by atoms with Gasteiger partial charge in [0.1, 0.15) is 9.88 Å². The molecule has 0 aliphatic rings. The van der Waals surface area contributed by atoms with Gasteiger partial charge in [-0.1, -0.05) is 11.3 Å². The number of nitrogens with one attached hydrogen (secondary N) is 1. The Balaban J connectivity index is 2.10. The van der Waals surface area contributed by atoms with E-state index in [0.717, 1.165) is 10.7 Å². The van der Waals surface area contributed by atoms with Gasteiger partial charge in [0, 0.05) is 0 Å². The van der Waals surface area contributed by atoms with Crippen LogP contribution in [-0.2, 0) is 0 Å². The Bertz CT molecular complexity index is 577. The minimum atomic E-state index is -0.214. The highest BCUT2D eigenvalue weighted by molar-refractivity contribution is 7.15. The summed E-state index contributed by atoms with van der Waals surface area (Å²) in [6.07, 6.45) is 0. The van der Waals surface area contributed by atoms with Gasteiger partial charge in [-0.05, 0) is 20.8 Å². The third-order valence-electron chi connectivity index (χ3n) is 2.28. The Morgan fingerprint density at radius 1 is 1.33 bits per heavy atom. The Morgan fingerprint density at radius 3 is 2.56 bits per heavy atom. The van der Waals surface area contributed by atoms with Crippen molar-refractivity contribution in [3.63, 3.8) is 0 Å². The number of amides is 1. The number of rotatable bonds is 3. The maximum absolute atomic E-state index is 12.1. The van der Waals surface area contributed by atoms with E-state index >= 15 is 0 Å². The van der Waals surface area contributed by atoms with Gasteiger partial charge in [-0.15, -0.1) is 21.5 Å². The molecular formula is C10H13N5OS2. The molecule has 2 aromatic rings. The van der Waals surface area contributed by atoms with E-state index in [2.05, 4.69) is 20.5 Å².